The van der Waals surface area contributed by atoms with Gasteiger partial charge in [0.25, 0.3) is 0 Å². The molecule has 10 heteroatoms. The van der Waals surface area contributed by atoms with E-state index in [0.717, 1.165) is 23.3 Å². The third-order valence-corrected chi connectivity index (χ3v) is 7.40. The Bertz CT molecular complexity index is 1510. The van der Waals surface area contributed by atoms with E-state index in [1.807, 2.05) is 36.4 Å². The number of ether oxygens (including phenoxy) is 2. The molecule has 0 saturated heterocycles. The van der Waals surface area contributed by atoms with Crippen molar-refractivity contribution in [2.24, 2.45) is 5.73 Å². The number of nitrogens with two attached hydrogens (primary N) is 1. The van der Waals surface area contributed by atoms with Crippen molar-refractivity contribution in [3.63, 3.8) is 0 Å². The summed E-state index contributed by atoms with van der Waals surface area (Å²) in [5.74, 6) is 0.454. The SMILES string of the molecule is COc1cc(C(CNS(=O)(=O)c2ccc(F)cc2)Nc2ccc(C(=N)N)cc2)ccc1OCc1ccccc1. The van der Waals surface area contributed by atoms with E-state index in [9.17, 15) is 12.8 Å². The number of hydrogen-bond donors (Lipinski definition) is 4. The Morgan fingerprint density at radius 1 is 0.949 bits per heavy atom. The highest BCUT2D eigenvalue weighted by molar-refractivity contribution is 7.89. The molecule has 0 bridgehead atoms. The van der Waals surface area contributed by atoms with Crippen molar-refractivity contribution in [1.29, 1.82) is 5.41 Å². The summed E-state index contributed by atoms with van der Waals surface area (Å²) in [5, 5.41) is 10.9. The largest absolute Gasteiger partial charge is 0.493 e. The van der Waals surface area contributed by atoms with Crippen molar-refractivity contribution in [2.75, 3.05) is 19.0 Å². The number of nitrogens with one attached hydrogen (secondary N) is 3. The molecule has 4 aromatic carbocycles. The first-order valence-electron chi connectivity index (χ1n) is 12.1. The van der Waals surface area contributed by atoms with Crippen LogP contribution in [0.25, 0.3) is 0 Å². The molecule has 0 aromatic heterocycles. The minimum Gasteiger partial charge on any atom is -0.493 e. The average Bonchev–Trinajstić information content (AvgIpc) is 2.95. The zero-order valence-corrected chi connectivity index (χ0v) is 22.0. The van der Waals surface area contributed by atoms with Crippen LogP contribution in [-0.2, 0) is 16.6 Å². The molecule has 0 spiro atoms. The molecule has 4 aromatic rings. The van der Waals surface area contributed by atoms with Crippen LogP contribution in [0.5, 0.6) is 11.5 Å². The normalized spacial score (nSPS) is 11.9. The van der Waals surface area contributed by atoms with E-state index in [1.165, 1.54) is 19.2 Å². The van der Waals surface area contributed by atoms with Gasteiger partial charge in [0.05, 0.1) is 18.0 Å². The van der Waals surface area contributed by atoms with Gasteiger partial charge in [-0.05, 0) is 71.8 Å². The lowest BCUT2D eigenvalue weighted by atomic mass is 10.1. The van der Waals surface area contributed by atoms with Crippen LogP contribution < -0.4 is 25.2 Å². The van der Waals surface area contributed by atoms with Crippen LogP contribution in [0.4, 0.5) is 10.1 Å². The Kier molecular flexibility index (Phi) is 8.80. The Morgan fingerprint density at radius 3 is 2.28 bits per heavy atom. The number of nitrogen functional groups attached to an aromatic ring is 1. The molecular formula is C29H29FN4O4S. The number of anilines is 1. The fourth-order valence-corrected chi connectivity index (χ4v) is 4.89. The maximum Gasteiger partial charge on any atom is 0.240 e. The molecule has 1 atom stereocenters. The topological polar surface area (TPSA) is 127 Å². The molecular weight excluding hydrogens is 519 g/mol. The number of rotatable bonds is 12. The lowest BCUT2D eigenvalue weighted by Crippen LogP contribution is -2.31. The van der Waals surface area contributed by atoms with Gasteiger partial charge in [0, 0.05) is 17.8 Å². The smallest absolute Gasteiger partial charge is 0.240 e. The van der Waals surface area contributed by atoms with Crippen molar-refractivity contribution in [2.45, 2.75) is 17.5 Å². The van der Waals surface area contributed by atoms with Gasteiger partial charge in [-0.15, -0.1) is 0 Å². The monoisotopic (exact) mass is 548 g/mol. The van der Waals surface area contributed by atoms with E-state index in [0.29, 0.717) is 29.4 Å². The Morgan fingerprint density at radius 2 is 1.64 bits per heavy atom. The summed E-state index contributed by atoms with van der Waals surface area (Å²) in [5.41, 5.74) is 8.56. The second kappa shape index (κ2) is 12.4. The molecule has 0 aliphatic heterocycles. The third-order valence-electron chi connectivity index (χ3n) is 5.97. The lowest BCUT2D eigenvalue weighted by molar-refractivity contribution is 0.284. The molecule has 5 N–H and O–H groups in total. The first kappa shape index (κ1) is 27.6. The summed E-state index contributed by atoms with van der Waals surface area (Å²) in [6.45, 7) is 0.333. The molecule has 1 unspecified atom stereocenters. The molecule has 8 nitrogen and oxygen atoms in total. The zero-order chi connectivity index (χ0) is 27.8. The summed E-state index contributed by atoms with van der Waals surface area (Å²) >= 11 is 0. The maximum absolute atomic E-state index is 13.3. The quantitative estimate of drug-likeness (QED) is 0.148. The summed E-state index contributed by atoms with van der Waals surface area (Å²) in [6.07, 6.45) is 0. The second-order valence-corrected chi connectivity index (χ2v) is 10.4. The standard InChI is InChI=1S/C29H29FN4O4S/c1-37-28-17-22(9-16-27(28)38-19-20-5-3-2-4-6-20)26(34-24-12-7-21(8-13-24)29(31)32)18-33-39(35,36)25-14-10-23(30)11-15-25/h2-17,26,33-34H,18-19H2,1H3,(H3,31,32). The van der Waals surface area contributed by atoms with Gasteiger partial charge in [0.2, 0.25) is 10.0 Å². The molecule has 202 valence electrons. The van der Waals surface area contributed by atoms with E-state index in [1.54, 1.807) is 36.4 Å². The minimum absolute atomic E-state index is 0.0262. The number of halogens is 1. The van der Waals surface area contributed by atoms with Crippen LogP contribution in [0.3, 0.4) is 0 Å². The molecule has 0 saturated carbocycles. The van der Waals surface area contributed by atoms with Crippen LogP contribution >= 0.6 is 0 Å². The fourth-order valence-electron chi connectivity index (χ4n) is 3.85. The van der Waals surface area contributed by atoms with Gasteiger partial charge >= 0.3 is 0 Å². The average molecular weight is 549 g/mol. The highest BCUT2D eigenvalue weighted by Crippen LogP contribution is 2.32. The van der Waals surface area contributed by atoms with Gasteiger partial charge in [0.15, 0.2) is 11.5 Å². The predicted molar refractivity (Wildman–Crippen MR) is 149 cm³/mol. The number of sulfonamides is 1. The Hall–Kier alpha value is -4.41. The van der Waals surface area contributed by atoms with Crippen molar-refractivity contribution < 1.29 is 22.3 Å². The summed E-state index contributed by atoms with van der Waals surface area (Å²) in [7, 11) is -2.37. The van der Waals surface area contributed by atoms with Crippen molar-refractivity contribution in [3.05, 3.63) is 120 Å². The molecule has 0 heterocycles. The summed E-state index contributed by atoms with van der Waals surface area (Å²) in [6, 6.07) is 26.1. The highest BCUT2D eigenvalue weighted by Gasteiger charge is 2.20. The van der Waals surface area contributed by atoms with E-state index in [-0.39, 0.29) is 17.3 Å². The summed E-state index contributed by atoms with van der Waals surface area (Å²) < 4.78 is 53.3. The molecule has 0 aliphatic rings. The van der Waals surface area contributed by atoms with Crippen molar-refractivity contribution >= 4 is 21.5 Å². The third kappa shape index (κ3) is 7.34. The van der Waals surface area contributed by atoms with Crippen LogP contribution in [0.2, 0.25) is 0 Å². The van der Waals surface area contributed by atoms with Crippen LogP contribution in [-0.4, -0.2) is 27.9 Å². The molecule has 39 heavy (non-hydrogen) atoms. The Balaban J connectivity index is 1.58. The summed E-state index contributed by atoms with van der Waals surface area (Å²) in [4.78, 5) is -0.0456. The van der Waals surface area contributed by atoms with Gasteiger partial charge in [0.1, 0.15) is 18.3 Å². The zero-order valence-electron chi connectivity index (χ0n) is 21.2. The Labute approximate surface area is 227 Å². The minimum atomic E-state index is -3.91. The predicted octanol–water partition coefficient (Wildman–Crippen LogP) is 4.83. The van der Waals surface area contributed by atoms with Gasteiger partial charge in [-0.1, -0.05) is 36.4 Å². The van der Waals surface area contributed by atoms with E-state index in [2.05, 4.69) is 10.0 Å². The van der Waals surface area contributed by atoms with Crippen LogP contribution in [0.1, 0.15) is 22.7 Å². The van der Waals surface area contributed by atoms with Gasteiger partial charge in [-0.2, -0.15) is 0 Å². The number of methoxy groups -OCH3 is 1. The molecule has 0 radical (unpaired) electrons. The van der Waals surface area contributed by atoms with Crippen molar-refractivity contribution in [3.8, 4) is 11.5 Å². The maximum atomic E-state index is 13.3. The first-order valence-corrected chi connectivity index (χ1v) is 13.5. The van der Waals surface area contributed by atoms with Gasteiger partial charge < -0.3 is 20.5 Å². The van der Waals surface area contributed by atoms with E-state index >= 15 is 0 Å². The van der Waals surface area contributed by atoms with Gasteiger partial charge in [-0.3, -0.25) is 5.41 Å². The molecule has 4 rings (SSSR count). The molecule has 0 amide bonds. The molecule has 0 fully saturated rings. The first-order chi connectivity index (χ1) is 18.7. The fraction of sp³-hybridized carbons (Fsp3) is 0.138. The lowest BCUT2D eigenvalue weighted by Gasteiger charge is -2.22. The number of benzene rings is 4. The van der Waals surface area contributed by atoms with E-state index in [4.69, 9.17) is 20.6 Å². The second-order valence-electron chi connectivity index (χ2n) is 8.68. The molecule has 0 aliphatic carbocycles. The van der Waals surface area contributed by atoms with Crippen LogP contribution in [0.15, 0.2) is 102 Å². The number of hydrogen-bond acceptors (Lipinski definition) is 6. The van der Waals surface area contributed by atoms with E-state index < -0.39 is 21.9 Å². The number of amidine groups is 1. The van der Waals surface area contributed by atoms with Gasteiger partial charge in [-0.25, -0.2) is 17.5 Å². The highest BCUT2D eigenvalue weighted by atomic mass is 32.2. The van der Waals surface area contributed by atoms with Crippen LogP contribution in [0, 0.1) is 11.2 Å². The van der Waals surface area contributed by atoms with Crippen molar-refractivity contribution in [1.82, 2.24) is 4.72 Å².